The van der Waals surface area contributed by atoms with Crippen LogP contribution in [-0.4, -0.2) is 12.7 Å². The van der Waals surface area contributed by atoms with E-state index in [4.69, 9.17) is 4.65 Å². The van der Waals surface area contributed by atoms with Gasteiger partial charge in [-0.2, -0.15) is 0 Å². The third kappa shape index (κ3) is 1.66. The van der Waals surface area contributed by atoms with E-state index in [-0.39, 0.29) is 13.1 Å². The van der Waals surface area contributed by atoms with Crippen LogP contribution in [-0.2, 0) is 5.41 Å². The molecule has 0 unspecified atom stereocenters. The van der Waals surface area contributed by atoms with E-state index >= 15 is 0 Å². The summed E-state index contributed by atoms with van der Waals surface area (Å²) in [6, 6.07) is 18.9. The van der Waals surface area contributed by atoms with Gasteiger partial charge in [-0.05, 0) is 28.1 Å². The van der Waals surface area contributed by atoms with Crippen LogP contribution in [0.3, 0.4) is 0 Å². The van der Waals surface area contributed by atoms with E-state index in [1.807, 2.05) is 12.1 Å². The third-order valence-corrected chi connectivity index (χ3v) is 4.75. The number of rotatable bonds is 2. The van der Waals surface area contributed by atoms with Gasteiger partial charge in [0.25, 0.3) is 0 Å². The molecule has 1 aliphatic rings. The fourth-order valence-electron chi connectivity index (χ4n) is 3.68. The van der Waals surface area contributed by atoms with Crippen LogP contribution in [0.5, 0.6) is 5.75 Å². The number of benzene rings is 3. The van der Waals surface area contributed by atoms with Crippen LogP contribution in [0.1, 0.15) is 25.0 Å². The Morgan fingerprint density at radius 2 is 1.68 bits per heavy atom. The first kappa shape index (κ1) is 13.4. The van der Waals surface area contributed by atoms with Crippen molar-refractivity contribution in [3.05, 3.63) is 65.7 Å². The maximum atomic E-state index is 9.37. The molecule has 0 radical (unpaired) electrons. The molecule has 0 aromatic heterocycles. The fraction of sp³-hybridized carbons (Fsp3) is 0.158. The van der Waals surface area contributed by atoms with Crippen molar-refractivity contribution in [1.82, 2.24) is 0 Å². The summed E-state index contributed by atoms with van der Waals surface area (Å²) < 4.78 is 5.67. The van der Waals surface area contributed by atoms with Crippen LogP contribution in [0.15, 0.2) is 54.6 Å². The lowest BCUT2D eigenvalue weighted by atomic mass is 9.82. The van der Waals surface area contributed by atoms with Crippen LogP contribution in [0.25, 0.3) is 21.9 Å². The Labute approximate surface area is 130 Å². The van der Waals surface area contributed by atoms with Crippen molar-refractivity contribution in [3.8, 4) is 16.9 Å². The highest BCUT2D eigenvalue weighted by Crippen LogP contribution is 2.54. The Hall–Kier alpha value is -2.26. The van der Waals surface area contributed by atoms with E-state index in [1.165, 1.54) is 16.7 Å². The number of fused-ring (bicyclic) bond motifs is 4. The van der Waals surface area contributed by atoms with E-state index in [0.29, 0.717) is 0 Å². The lowest BCUT2D eigenvalue weighted by Gasteiger charge is -2.22. The molecular weight excluding hydrogens is 271 g/mol. The molecule has 0 aliphatic heterocycles. The fourth-order valence-corrected chi connectivity index (χ4v) is 3.68. The summed E-state index contributed by atoms with van der Waals surface area (Å²) in [6.07, 6.45) is 0. The van der Waals surface area contributed by atoms with Crippen molar-refractivity contribution in [3.63, 3.8) is 0 Å². The van der Waals surface area contributed by atoms with E-state index in [2.05, 4.69) is 56.3 Å². The molecule has 0 saturated carbocycles. The summed E-state index contributed by atoms with van der Waals surface area (Å²) in [5, 5.41) is 11.6. The molecule has 0 fully saturated rings. The summed E-state index contributed by atoms with van der Waals surface area (Å²) >= 11 is 0. The monoisotopic (exact) mass is 288 g/mol. The normalized spacial score (nSPS) is 14.5. The zero-order chi connectivity index (χ0) is 15.3. The van der Waals surface area contributed by atoms with Crippen molar-refractivity contribution in [2.45, 2.75) is 19.3 Å². The molecule has 3 aromatic carbocycles. The van der Waals surface area contributed by atoms with Crippen LogP contribution in [0.4, 0.5) is 0 Å². The standard InChI is InChI=1S/C19H17BO2/c1-19(2)15-10-6-5-9-14(15)17-16(19)11-12-7-3-4-8-13(12)18(17)22-20-21/h3-11,20-21H,1-2H3. The van der Waals surface area contributed by atoms with Gasteiger partial charge in [0.1, 0.15) is 5.75 Å². The molecule has 4 rings (SSSR count). The average molecular weight is 288 g/mol. The predicted molar refractivity (Wildman–Crippen MR) is 91.5 cm³/mol. The predicted octanol–water partition coefficient (Wildman–Crippen LogP) is 3.78. The van der Waals surface area contributed by atoms with Crippen LogP contribution in [0.2, 0.25) is 0 Å². The summed E-state index contributed by atoms with van der Waals surface area (Å²) in [4.78, 5) is 0. The zero-order valence-electron chi connectivity index (χ0n) is 12.8. The van der Waals surface area contributed by atoms with Gasteiger partial charge in [-0.15, -0.1) is 0 Å². The second-order valence-corrected chi connectivity index (χ2v) is 6.29. The average Bonchev–Trinajstić information content (AvgIpc) is 2.76. The molecule has 0 atom stereocenters. The Morgan fingerprint density at radius 1 is 0.955 bits per heavy atom. The first-order valence-electron chi connectivity index (χ1n) is 7.54. The second-order valence-electron chi connectivity index (χ2n) is 6.29. The lowest BCUT2D eigenvalue weighted by Crippen LogP contribution is -2.15. The molecule has 2 nitrogen and oxygen atoms in total. The molecule has 108 valence electrons. The summed E-state index contributed by atoms with van der Waals surface area (Å²) in [6.45, 7) is 4.49. The van der Waals surface area contributed by atoms with Gasteiger partial charge in [0.05, 0.1) is 0 Å². The van der Waals surface area contributed by atoms with E-state index < -0.39 is 0 Å². The van der Waals surface area contributed by atoms with Gasteiger partial charge < -0.3 is 9.68 Å². The number of hydrogen-bond acceptors (Lipinski definition) is 2. The second kappa shape index (κ2) is 4.62. The Balaban J connectivity index is 2.17. The molecule has 22 heavy (non-hydrogen) atoms. The number of hydrogen-bond donors (Lipinski definition) is 1. The molecule has 0 bridgehead atoms. The van der Waals surface area contributed by atoms with Crippen molar-refractivity contribution in [2.75, 3.05) is 0 Å². The van der Waals surface area contributed by atoms with Crippen molar-refractivity contribution < 1.29 is 9.68 Å². The largest absolute Gasteiger partial charge is 0.538 e. The van der Waals surface area contributed by atoms with Crippen molar-refractivity contribution in [1.29, 1.82) is 0 Å². The molecule has 0 heterocycles. The molecule has 3 heteroatoms. The zero-order valence-corrected chi connectivity index (χ0v) is 12.8. The molecule has 0 amide bonds. The molecule has 0 spiro atoms. The quantitative estimate of drug-likeness (QED) is 0.727. The first-order chi connectivity index (χ1) is 10.6. The third-order valence-electron chi connectivity index (χ3n) is 4.75. The molecule has 3 aromatic rings. The van der Waals surface area contributed by atoms with Gasteiger partial charge in [0.2, 0.25) is 0 Å². The smallest absolute Gasteiger partial charge is 0.504 e. The Morgan fingerprint density at radius 3 is 2.50 bits per heavy atom. The van der Waals surface area contributed by atoms with Gasteiger partial charge in [0, 0.05) is 16.4 Å². The summed E-state index contributed by atoms with van der Waals surface area (Å²) in [5.41, 5.74) is 4.83. The highest BCUT2D eigenvalue weighted by atomic mass is 16.5. The van der Waals surface area contributed by atoms with Gasteiger partial charge in [-0.3, -0.25) is 0 Å². The minimum absolute atomic E-state index is 0.0659. The van der Waals surface area contributed by atoms with E-state index in [1.54, 1.807) is 0 Å². The van der Waals surface area contributed by atoms with Crippen LogP contribution in [0, 0.1) is 0 Å². The SMILES string of the molecule is CC1(C)c2ccccc2-c2c1cc1ccccc1c2OBO. The summed E-state index contributed by atoms with van der Waals surface area (Å²) in [7, 11) is -0.316. The Bertz CT molecular complexity index is 884. The van der Waals surface area contributed by atoms with Gasteiger partial charge >= 0.3 is 7.69 Å². The topological polar surface area (TPSA) is 29.5 Å². The minimum Gasteiger partial charge on any atom is -0.538 e. The van der Waals surface area contributed by atoms with E-state index in [0.717, 1.165) is 22.1 Å². The molecule has 1 N–H and O–H groups in total. The van der Waals surface area contributed by atoms with Crippen molar-refractivity contribution >= 4 is 18.5 Å². The van der Waals surface area contributed by atoms with E-state index in [9.17, 15) is 5.02 Å². The first-order valence-corrected chi connectivity index (χ1v) is 7.54. The lowest BCUT2D eigenvalue weighted by molar-refractivity contribution is 0.457. The Kier molecular flexibility index (Phi) is 2.82. The van der Waals surface area contributed by atoms with Crippen LogP contribution < -0.4 is 4.65 Å². The summed E-state index contributed by atoms with van der Waals surface area (Å²) in [5.74, 6) is 0.786. The van der Waals surface area contributed by atoms with Crippen LogP contribution >= 0.6 is 0 Å². The van der Waals surface area contributed by atoms with Gasteiger partial charge in [0.15, 0.2) is 0 Å². The molecule has 1 aliphatic carbocycles. The minimum atomic E-state index is -0.316. The van der Waals surface area contributed by atoms with Crippen molar-refractivity contribution in [2.24, 2.45) is 0 Å². The van der Waals surface area contributed by atoms with Gasteiger partial charge in [-0.25, -0.2) is 0 Å². The van der Waals surface area contributed by atoms with Gasteiger partial charge in [-0.1, -0.05) is 62.4 Å². The molecule has 0 saturated heterocycles. The highest BCUT2D eigenvalue weighted by Gasteiger charge is 2.37. The maximum absolute atomic E-state index is 9.37. The maximum Gasteiger partial charge on any atom is 0.504 e. The highest BCUT2D eigenvalue weighted by molar-refractivity contribution is 6.19. The molecular formula is C19H17BO2.